The van der Waals surface area contributed by atoms with Crippen LogP contribution in [-0.4, -0.2) is 54.8 Å². The molecule has 0 radical (unpaired) electrons. The molecule has 0 aromatic heterocycles. The summed E-state index contributed by atoms with van der Waals surface area (Å²) in [5.74, 6) is -1.18. The minimum atomic E-state index is -0.641. The van der Waals surface area contributed by atoms with Gasteiger partial charge in [-0.2, -0.15) is 0 Å². The smallest absolute Gasteiger partial charge is 0.333 e. The Morgan fingerprint density at radius 1 is 0.646 bits per heavy atom. The molecule has 0 bridgehead atoms. The van der Waals surface area contributed by atoms with Gasteiger partial charge in [-0.15, -0.1) is 0 Å². The van der Waals surface area contributed by atoms with E-state index in [0.29, 0.717) is 28.5 Å². The number of allylic oxidation sites excluding steroid dienone is 9. The topological polar surface area (TPSA) is 64.2 Å². The van der Waals surface area contributed by atoms with E-state index in [9.17, 15) is 14.4 Å². The standard InChI is InChI=1S/C39H42Cl2N4O3/c1-9-44-29-17-15-25(40)21-27(29)38(3,4)31(44)19-13-23-11-12-24(33(23)34-35(46)42(7)37(48)43(8)36(34)47)14-20-32-39(5,6)28-22-26(41)16-18-30(28)45(32)10-2/h13-22H,9-12H2,1-8H3/b23-13+,24-14?,31-19-,32-20?. The van der Waals surface area contributed by atoms with Crippen LogP contribution in [0.4, 0.5) is 16.2 Å². The summed E-state index contributed by atoms with van der Waals surface area (Å²) in [4.78, 5) is 46.8. The first kappa shape index (κ1) is 33.8. The Kier molecular flexibility index (Phi) is 8.54. The highest BCUT2D eigenvalue weighted by Gasteiger charge is 2.43. The molecule has 6 rings (SSSR count). The third kappa shape index (κ3) is 5.14. The van der Waals surface area contributed by atoms with E-state index in [2.05, 4.69) is 87.8 Å². The van der Waals surface area contributed by atoms with Gasteiger partial charge in [0.05, 0.1) is 0 Å². The molecule has 0 unspecified atom stereocenters. The lowest BCUT2D eigenvalue weighted by molar-refractivity contribution is -0.134. The number of amides is 4. The summed E-state index contributed by atoms with van der Waals surface area (Å²) in [6.07, 6.45) is 9.62. The van der Waals surface area contributed by atoms with E-state index in [4.69, 9.17) is 23.2 Å². The van der Waals surface area contributed by atoms with Crippen LogP contribution in [0, 0.1) is 0 Å². The SMILES string of the molecule is CCN1C(=CC=C2CC/C(=C\C=C3/N(CC)c4ccc(Cl)cc4C3(C)C)C2=C2C(=O)N(C)C(=O)N(C)C2=O)C(C)(C)c2cc(Cl)ccc21. The molecule has 1 saturated carbocycles. The molecule has 0 spiro atoms. The number of carbonyl (C=O) groups is 3. The van der Waals surface area contributed by atoms with E-state index < -0.39 is 17.8 Å². The second-order valence-electron chi connectivity index (χ2n) is 13.8. The number of halogens is 2. The van der Waals surface area contributed by atoms with Gasteiger partial charge in [0.1, 0.15) is 5.57 Å². The van der Waals surface area contributed by atoms with Crippen LogP contribution in [0.2, 0.25) is 10.0 Å². The van der Waals surface area contributed by atoms with Gasteiger partial charge < -0.3 is 9.80 Å². The molecule has 0 atom stereocenters. The molecular weight excluding hydrogens is 643 g/mol. The van der Waals surface area contributed by atoms with Gasteiger partial charge in [-0.3, -0.25) is 19.4 Å². The predicted octanol–water partition coefficient (Wildman–Crippen LogP) is 8.69. The van der Waals surface area contributed by atoms with Gasteiger partial charge in [0.2, 0.25) is 0 Å². The zero-order valence-corrected chi connectivity index (χ0v) is 30.4. The van der Waals surface area contributed by atoms with Crippen molar-refractivity contribution >= 4 is 52.4 Å². The van der Waals surface area contributed by atoms with Gasteiger partial charge in [-0.05, 0) is 103 Å². The molecule has 48 heavy (non-hydrogen) atoms. The van der Waals surface area contributed by atoms with E-state index in [1.54, 1.807) is 0 Å². The normalized spacial score (nSPS) is 23.6. The maximum absolute atomic E-state index is 13.7. The van der Waals surface area contributed by atoms with Crippen molar-refractivity contribution in [2.45, 2.75) is 65.2 Å². The zero-order chi connectivity index (χ0) is 34.9. The number of urea groups is 1. The quantitative estimate of drug-likeness (QED) is 0.238. The lowest BCUT2D eigenvalue weighted by Gasteiger charge is -2.30. The van der Waals surface area contributed by atoms with Gasteiger partial charge in [0.15, 0.2) is 0 Å². The van der Waals surface area contributed by atoms with E-state index in [-0.39, 0.29) is 16.4 Å². The molecule has 3 heterocycles. The first-order valence-corrected chi connectivity index (χ1v) is 17.2. The highest BCUT2D eigenvalue weighted by Crippen LogP contribution is 2.50. The molecule has 2 fully saturated rings. The van der Waals surface area contributed by atoms with Crippen molar-refractivity contribution in [3.63, 3.8) is 0 Å². The van der Waals surface area contributed by atoms with Crippen molar-refractivity contribution < 1.29 is 14.4 Å². The Balaban J connectivity index is 1.51. The van der Waals surface area contributed by atoms with E-state index in [1.807, 2.05) is 24.3 Å². The monoisotopic (exact) mass is 684 g/mol. The fraction of sp³-hybridized carbons (Fsp3) is 0.359. The molecule has 1 saturated heterocycles. The fourth-order valence-corrected chi connectivity index (χ4v) is 8.10. The van der Waals surface area contributed by atoms with Gasteiger partial charge in [-0.1, -0.05) is 63.0 Å². The van der Waals surface area contributed by atoms with Crippen LogP contribution >= 0.6 is 23.2 Å². The van der Waals surface area contributed by atoms with Crippen LogP contribution in [0.1, 0.15) is 65.5 Å². The maximum atomic E-state index is 13.7. The molecule has 4 aliphatic rings. The Bertz CT molecular complexity index is 1800. The number of barbiturate groups is 1. The number of likely N-dealkylation sites (N-methyl/N-ethyl adjacent to an activating group) is 4. The van der Waals surface area contributed by atoms with Crippen LogP contribution in [0.15, 0.2) is 94.4 Å². The summed E-state index contributed by atoms with van der Waals surface area (Å²) < 4.78 is 0. The largest absolute Gasteiger partial charge is 0.344 e. The van der Waals surface area contributed by atoms with Gasteiger partial charge in [0, 0.05) is 70.8 Å². The van der Waals surface area contributed by atoms with Crippen molar-refractivity contribution in [3.05, 3.63) is 116 Å². The van der Waals surface area contributed by atoms with E-state index in [0.717, 1.165) is 67.9 Å². The van der Waals surface area contributed by atoms with E-state index in [1.165, 1.54) is 14.1 Å². The number of carbonyl (C=O) groups excluding carboxylic acids is 3. The summed E-state index contributed by atoms with van der Waals surface area (Å²) in [6.45, 7) is 14.5. The Labute approximate surface area is 293 Å². The second-order valence-corrected chi connectivity index (χ2v) is 14.7. The zero-order valence-electron chi connectivity index (χ0n) is 28.9. The van der Waals surface area contributed by atoms with Crippen molar-refractivity contribution in [2.24, 2.45) is 0 Å². The minimum Gasteiger partial charge on any atom is -0.344 e. The average molecular weight is 686 g/mol. The lowest BCUT2D eigenvalue weighted by Crippen LogP contribution is -2.53. The van der Waals surface area contributed by atoms with Crippen molar-refractivity contribution in [1.29, 1.82) is 0 Å². The van der Waals surface area contributed by atoms with Crippen LogP contribution in [0.5, 0.6) is 0 Å². The molecular formula is C39H42Cl2N4O3. The molecule has 4 amide bonds. The summed E-state index contributed by atoms with van der Waals surface area (Å²) in [5.41, 5.74) is 8.51. The third-order valence-electron chi connectivity index (χ3n) is 10.4. The molecule has 1 aliphatic carbocycles. The first-order valence-electron chi connectivity index (χ1n) is 16.5. The molecule has 3 aliphatic heterocycles. The molecule has 2 aromatic carbocycles. The number of imide groups is 2. The molecule has 7 nitrogen and oxygen atoms in total. The Morgan fingerprint density at radius 2 is 1.04 bits per heavy atom. The Morgan fingerprint density at radius 3 is 1.42 bits per heavy atom. The van der Waals surface area contributed by atoms with Gasteiger partial charge in [0.25, 0.3) is 11.8 Å². The first-order chi connectivity index (χ1) is 22.6. The third-order valence-corrected chi connectivity index (χ3v) is 10.9. The highest BCUT2D eigenvalue weighted by atomic mass is 35.5. The van der Waals surface area contributed by atoms with Crippen molar-refractivity contribution in [3.8, 4) is 0 Å². The number of benzene rings is 2. The molecule has 2 aromatic rings. The van der Waals surface area contributed by atoms with Crippen LogP contribution in [-0.2, 0) is 20.4 Å². The summed E-state index contributed by atoms with van der Waals surface area (Å²) >= 11 is 12.9. The number of rotatable bonds is 4. The highest BCUT2D eigenvalue weighted by molar-refractivity contribution is 6.31. The summed E-state index contributed by atoms with van der Waals surface area (Å²) in [5, 5.41) is 1.39. The maximum Gasteiger partial charge on any atom is 0.333 e. The van der Waals surface area contributed by atoms with Crippen LogP contribution < -0.4 is 9.80 Å². The summed E-state index contributed by atoms with van der Waals surface area (Å²) in [6, 6.07) is 11.4. The van der Waals surface area contributed by atoms with Crippen molar-refractivity contribution in [1.82, 2.24) is 9.80 Å². The van der Waals surface area contributed by atoms with Gasteiger partial charge in [-0.25, -0.2) is 4.79 Å². The summed E-state index contributed by atoms with van der Waals surface area (Å²) in [7, 11) is 2.84. The molecule has 250 valence electrons. The van der Waals surface area contributed by atoms with Crippen LogP contribution in [0.3, 0.4) is 0 Å². The molecule has 9 heteroatoms. The van der Waals surface area contributed by atoms with Gasteiger partial charge >= 0.3 is 6.03 Å². The number of fused-ring (bicyclic) bond motifs is 2. The number of hydrogen-bond acceptors (Lipinski definition) is 5. The number of anilines is 2. The Hall–Kier alpha value is -4.07. The van der Waals surface area contributed by atoms with Crippen molar-refractivity contribution in [2.75, 3.05) is 37.0 Å². The lowest BCUT2D eigenvalue weighted by atomic mass is 9.83. The number of hydrogen-bond donors (Lipinski definition) is 0. The van der Waals surface area contributed by atoms with Crippen LogP contribution in [0.25, 0.3) is 0 Å². The predicted molar refractivity (Wildman–Crippen MR) is 195 cm³/mol. The fourth-order valence-electron chi connectivity index (χ4n) is 7.76. The minimum absolute atomic E-state index is 0.0209. The number of nitrogens with zero attached hydrogens (tertiary/aromatic N) is 4. The molecule has 0 N–H and O–H groups in total. The second kappa shape index (κ2) is 12.1. The van der Waals surface area contributed by atoms with E-state index >= 15 is 0 Å². The average Bonchev–Trinajstić information content (AvgIpc) is 3.61.